The Morgan fingerprint density at radius 2 is 1.56 bits per heavy atom. The normalized spacial score (nSPS) is 21.4. The van der Waals surface area contributed by atoms with E-state index in [-0.39, 0.29) is 0 Å². The highest BCUT2D eigenvalue weighted by Gasteiger charge is 2.28. The first-order chi connectivity index (χ1) is 8.65. The van der Waals surface area contributed by atoms with Crippen molar-refractivity contribution in [1.82, 2.24) is 9.97 Å². The van der Waals surface area contributed by atoms with Gasteiger partial charge in [0.2, 0.25) is 0 Å². The molecule has 1 saturated heterocycles. The minimum absolute atomic E-state index is 0.369. The summed E-state index contributed by atoms with van der Waals surface area (Å²) < 4.78 is 0. The molecule has 2 N–H and O–H groups in total. The van der Waals surface area contributed by atoms with Crippen LogP contribution in [-0.4, -0.2) is 29.1 Å². The standard InChI is InChI=1S/C14H22N4/c1-9-13(18-7-5-12(15)6-8-18)10(2)17-14(16-9)11-3-4-11/h11-12H,3-8,15H2,1-2H3. The van der Waals surface area contributed by atoms with Crippen molar-refractivity contribution < 1.29 is 0 Å². The molecule has 0 aromatic carbocycles. The molecular weight excluding hydrogens is 224 g/mol. The van der Waals surface area contributed by atoms with Crippen LogP contribution in [0, 0.1) is 13.8 Å². The van der Waals surface area contributed by atoms with Gasteiger partial charge in [-0.25, -0.2) is 9.97 Å². The topological polar surface area (TPSA) is 55.0 Å². The molecule has 1 aliphatic carbocycles. The van der Waals surface area contributed by atoms with Crippen molar-refractivity contribution in [3.63, 3.8) is 0 Å². The maximum absolute atomic E-state index is 5.97. The first-order valence-electron chi connectivity index (χ1n) is 7.01. The summed E-state index contributed by atoms with van der Waals surface area (Å²) in [6.07, 6.45) is 4.67. The second-order valence-corrected chi connectivity index (χ2v) is 5.70. The molecule has 3 rings (SSSR count). The van der Waals surface area contributed by atoms with Gasteiger partial charge < -0.3 is 10.6 Å². The van der Waals surface area contributed by atoms with E-state index >= 15 is 0 Å². The lowest BCUT2D eigenvalue weighted by Crippen LogP contribution is -2.40. The molecule has 0 spiro atoms. The van der Waals surface area contributed by atoms with E-state index in [1.165, 1.54) is 18.5 Å². The Hall–Kier alpha value is -1.16. The molecule has 0 atom stereocenters. The molecule has 4 heteroatoms. The molecule has 0 bridgehead atoms. The van der Waals surface area contributed by atoms with Gasteiger partial charge in [-0.3, -0.25) is 0 Å². The summed E-state index contributed by atoms with van der Waals surface area (Å²) in [5.41, 5.74) is 9.48. The van der Waals surface area contributed by atoms with Crippen LogP contribution >= 0.6 is 0 Å². The number of rotatable bonds is 2. The molecule has 2 fully saturated rings. The molecule has 18 heavy (non-hydrogen) atoms. The third kappa shape index (κ3) is 2.21. The smallest absolute Gasteiger partial charge is 0.132 e. The zero-order chi connectivity index (χ0) is 12.7. The van der Waals surface area contributed by atoms with E-state index in [4.69, 9.17) is 15.7 Å². The van der Waals surface area contributed by atoms with Crippen LogP contribution in [0.4, 0.5) is 5.69 Å². The second-order valence-electron chi connectivity index (χ2n) is 5.70. The van der Waals surface area contributed by atoms with Crippen LogP contribution in [0.1, 0.15) is 48.8 Å². The Balaban J connectivity index is 1.87. The van der Waals surface area contributed by atoms with Crippen molar-refractivity contribution in [2.45, 2.75) is 51.5 Å². The van der Waals surface area contributed by atoms with Crippen LogP contribution in [0.2, 0.25) is 0 Å². The van der Waals surface area contributed by atoms with E-state index in [1.807, 2.05) is 0 Å². The summed E-state index contributed by atoms with van der Waals surface area (Å²) >= 11 is 0. The van der Waals surface area contributed by atoms with Crippen molar-refractivity contribution in [3.05, 3.63) is 17.2 Å². The van der Waals surface area contributed by atoms with Crippen molar-refractivity contribution in [2.24, 2.45) is 5.73 Å². The van der Waals surface area contributed by atoms with Gasteiger partial charge in [-0.05, 0) is 39.5 Å². The highest BCUT2D eigenvalue weighted by Crippen LogP contribution is 2.39. The summed E-state index contributed by atoms with van der Waals surface area (Å²) in [4.78, 5) is 11.8. The Kier molecular flexibility index (Phi) is 2.98. The van der Waals surface area contributed by atoms with Gasteiger partial charge in [-0.15, -0.1) is 0 Å². The van der Waals surface area contributed by atoms with Crippen LogP contribution in [0.25, 0.3) is 0 Å². The van der Waals surface area contributed by atoms with Crippen LogP contribution < -0.4 is 10.6 Å². The van der Waals surface area contributed by atoms with E-state index in [2.05, 4.69) is 18.7 Å². The third-order valence-electron chi connectivity index (χ3n) is 4.05. The highest BCUT2D eigenvalue weighted by molar-refractivity contribution is 5.54. The number of aromatic nitrogens is 2. The summed E-state index contributed by atoms with van der Waals surface area (Å²) in [7, 11) is 0. The summed E-state index contributed by atoms with van der Waals surface area (Å²) in [6.45, 7) is 6.30. The average molecular weight is 246 g/mol. The van der Waals surface area contributed by atoms with E-state index in [1.54, 1.807) is 0 Å². The van der Waals surface area contributed by atoms with E-state index in [0.717, 1.165) is 43.1 Å². The van der Waals surface area contributed by atoms with E-state index < -0.39 is 0 Å². The zero-order valence-electron chi connectivity index (χ0n) is 11.3. The fourth-order valence-electron chi connectivity index (χ4n) is 2.84. The first-order valence-corrected chi connectivity index (χ1v) is 7.01. The number of hydrogen-bond donors (Lipinski definition) is 1. The fraction of sp³-hybridized carbons (Fsp3) is 0.714. The van der Waals surface area contributed by atoms with Crippen LogP contribution in [0.15, 0.2) is 0 Å². The molecule has 1 aromatic heterocycles. The minimum atomic E-state index is 0.369. The molecule has 0 radical (unpaired) electrons. The second kappa shape index (κ2) is 4.50. The predicted octanol–water partition coefficient (Wildman–Crippen LogP) is 1.90. The lowest BCUT2D eigenvalue weighted by Gasteiger charge is -2.33. The molecule has 1 aromatic rings. The highest BCUT2D eigenvalue weighted by atomic mass is 15.2. The molecular formula is C14H22N4. The van der Waals surface area contributed by atoms with Gasteiger partial charge in [0, 0.05) is 25.0 Å². The molecule has 98 valence electrons. The Labute approximate surface area is 109 Å². The molecule has 1 aliphatic heterocycles. The zero-order valence-corrected chi connectivity index (χ0v) is 11.3. The third-order valence-corrected chi connectivity index (χ3v) is 4.05. The average Bonchev–Trinajstić information content (AvgIpc) is 3.14. The lowest BCUT2D eigenvalue weighted by atomic mass is 10.0. The number of nitrogens with zero attached hydrogens (tertiary/aromatic N) is 3. The summed E-state index contributed by atoms with van der Waals surface area (Å²) in [5, 5.41) is 0. The van der Waals surface area contributed by atoms with Crippen LogP contribution in [0.3, 0.4) is 0 Å². The number of anilines is 1. The summed E-state index contributed by atoms with van der Waals surface area (Å²) in [5.74, 6) is 1.69. The number of piperidine rings is 1. The maximum Gasteiger partial charge on any atom is 0.132 e. The van der Waals surface area contributed by atoms with Crippen molar-refractivity contribution in [3.8, 4) is 0 Å². The molecule has 1 saturated carbocycles. The van der Waals surface area contributed by atoms with Gasteiger partial charge >= 0.3 is 0 Å². The van der Waals surface area contributed by atoms with Gasteiger partial charge in [-0.1, -0.05) is 0 Å². The van der Waals surface area contributed by atoms with Crippen molar-refractivity contribution in [2.75, 3.05) is 18.0 Å². The SMILES string of the molecule is Cc1nc(C2CC2)nc(C)c1N1CCC(N)CC1. The van der Waals surface area contributed by atoms with Crippen LogP contribution in [0.5, 0.6) is 0 Å². The lowest BCUT2D eigenvalue weighted by molar-refractivity contribution is 0.499. The van der Waals surface area contributed by atoms with Gasteiger partial charge in [0.15, 0.2) is 0 Å². The van der Waals surface area contributed by atoms with Gasteiger partial charge in [0.1, 0.15) is 5.82 Å². The Morgan fingerprint density at radius 1 is 1.00 bits per heavy atom. The van der Waals surface area contributed by atoms with Crippen LogP contribution in [-0.2, 0) is 0 Å². The van der Waals surface area contributed by atoms with Gasteiger partial charge in [0.05, 0.1) is 17.1 Å². The molecule has 4 nitrogen and oxygen atoms in total. The van der Waals surface area contributed by atoms with E-state index in [9.17, 15) is 0 Å². The summed E-state index contributed by atoms with van der Waals surface area (Å²) in [6, 6.07) is 0.369. The maximum atomic E-state index is 5.97. The van der Waals surface area contributed by atoms with Crippen molar-refractivity contribution in [1.29, 1.82) is 0 Å². The quantitative estimate of drug-likeness (QED) is 0.866. The molecule has 0 unspecified atom stereocenters. The number of aryl methyl sites for hydroxylation is 2. The largest absolute Gasteiger partial charge is 0.368 e. The monoisotopic (exact) mass is 246 g/mol. The number of hydrogen-bond acceptors (Lipinski definition) is 4. The number of nitrogens with two attached hydrogens (primary N) is 1. The molecule has 2 heterocycles. The fourth-order valence-corrected chi connectivity index (χ4v) is 2.84. The molecule has 2 aliphatic rings. The van der Waals surface area contributed by atoms with Crippen molar-refractivity contribution >= 4 is 5.69 Å². The minimum Gasteiger partial charge on any atom is -0.368 e. The van der Waals surface area contributed by atoms with Gasteiger partial charge in [0.25, 0.3) is 0 Å². The Bertz CT molecular complexity index is 422. The van der Waals surface area contributed by atoms with Gasteiger partial charge in [-0.2, -0.15) is 0 Å². The first kappa shape index (κ1) is 11.9. The van der Waals surface area contributed by atoms with E-state index in [0.29, 0.717) is 12.0 Å². The Morgan fingerprint density at radius 3 is 2.06 bits per heavy atom. The predicted molar refractivity (Wildman–Crippen MR) is 72.9 cm³/mol. The molecule has 0 amide bonds.